The molecule has 3 rings (SSSR count). The van der Waals surface area contributed by atoms with Crippen LogP contribution in [0.25, 0.3) is 22.0 Å². The van der Waals surface area contributed by atoms with Gasteiger partial charge in [-0.1, -0.05) is 11.6 Å². The zero-order valence-corrected chi connectivity index (χ0v) is 13.8. The molecule has 0 aliphatic rings. The molecule has 0 bridgehead atoms. The van der Waals surface area contributed by atoms with Crippen LogP contribution >= 0.6 is 11.6 Å². The van der Waals surface area contributed by atoms with Gasteiger partial charge in [-0.25, -0.2) is 9.97 Å². The zero-order chi connectivity index (χ0) is 16.4. The molecule has 0 unspecified atom stereocenters. The standard InChI is InChI=1S/C17H18ClN5/c1-17(2,19)10-22-16-13-4-5-20-9-12(13)7-14(23-16)11-3-6-21-15(18)8-11/h3-9H,10,19H2,1-2H3,(H,22,23). The molecule has 0 aliphatic heterocycles. The molecule has 23 heavy (non-hydrogen) atoms. The molecule has 3 aromatic rings. The van der Waals surface area contributed by atoms with Crippen molar-refractivity contribution in [2.45, 2.75) is 19.4 Å². The van der Waals surface area contributed by atoms with E-state index in [1.807, 2.05) is 38.2 Å². The Hall–Kier alpha value is -2.24. The largest absolute Gasteiger partial charge is 0.368 e. The van der Waals surface area contributed by atoms with Crippen LogP contribution < -0.4 is 11.1 Å². The number of hydrogen-bond donors (Lipinski definition) is 2. The third-order valence-electron chi connectivity index (χ3n) is 3.37. The smallest absolute Gasteiger partial charge is 0.134 e. The fourth-order valence-electron chi connectivity index (χ4n) is 2.25. The van der Waals surface area contributed by atoms with Gasteiger partial charge in [0.2, 0.25) is 0 Å². The van der Waals surface area contributed by atoms with Crippen LogP contribution in [0.1, 0.15) is 13.8 Å². The first-order valence-corrected chi connectivity index (χ1v) is 7.70. The number of nitrogens with two attached hydrogens (primary N) is 1. The molecule has 6 heteroatoms. The van der Waals surface area contributed by atoms with E-state index in [1.54, 1.807) is 18.5 Å². The van der Waals surface area contributed by atoms with Crippen molar-refractivity contribution in [1.29, 1.82) is 0 Å². The lowest BCUT2D eigenvalue weighted by molar-refractivity contribution is 0.549. The summed E-state index contributed by atoms with van der Waals surface area (Å²) in [6.07, 6.45) is 5.25. The Bertz CT molecular complexity index is 842. The van der Waals surface area contributed by atoms with Crippen molar-refractivity contribution in [2.24, 2.45) is 5.73 Å². The molecular formula is C17H18ClN5. The summed E-state index contributed by atoms with van der Waals surface area (Å²) in [6.45, 7) is 4.55. The first kappa shape index (κ1) is 15.6. The van der Waals surface area contributed by atoms with E-state index < -0.39 is 0 Å². The van der Waals surface area contributed by atoms with Gasteiger partial charge in [0.1, 0.15) is 11.0 Å². The first-order valence-electron chi connectivity index (χ1n) is 7.32. The molecule has 118 valence electrons. The average molecular weight is 328 g/mol. The van der Waals surface area contributed by atoms with Gasteiger partial charge in [0.15, 0.2) is 0 Å². The van der Waals surface area contributed by atoms with Crippen LogP contribution in [0.5, 0.6) is 0 Å². The maximum atomic E-state index is 6.07. The lowest BCUT2D eigenvalue weighted by Gasteiger charge is -2.20. The molecule has 5 nitrogen and oxygen atoms in total. The monoisotopic (exact) mass is 327 g/mol. The van der Waals surface area contributed by atoms with E-state index in [2.05, 4.69) is 15.3 Å². The highest BCUT2D eigenvalue weighted by Gasteiger charge is 2.13. The van der Waals surface area contributed by atoms with Crippen molar-refractivity contribution >= 4 is 28.2 Å². The number of halogens is 1. The molecule has 0 radical (unpaired) electrons. The molecular weight excluding hydrogens is 310 g/mol. The predicted octanol–water partition coefficient (Wildman–Crippen LogP) is 3.49. The highest BCUT2D eigenvalue weighted by Crippen LogP contribution is 2.28. The number of pyridine rings is 3. The minimum atomic E-state index is -0.336. The Balaban J connectivity index is 2.10. The SMILES string of the molecule is CC(C)(N)CNc1nc(-c2ccnc(Cl)c2)cc2cnccc12. The van der Waals surface area contributed by atoms with Crippen LogP contribution in [-0.4, -0.2) is 27.0 Å². The van der Waals surface area contributed by atoms with Gasteiger partial charge in [0, 0.05) is 47.0 Å². The van der Waals surface area contributed by atoms with E-state index in [9.17, 15) is 0 Å². The van der Waals surface area contributed by atoms with Crippen LogP contribution in [0.4, 0.5) is 5.82 Å². The summed E-state index contributed by atoms with van der Waals surface area (Å²) in [4.78, 5) is 12.9. The number of nitrogens with zero attached hydrogens (tertiary/aromatic N) is 3. The van der Waals surface area contributed by atoms with Gasteiger partial charge < -0.3 is 11.1 Å². The van der Waals surface area contributed by atoms with Gasteiger partial charge in [-0.3, -0.25) is 4.98 Å². The lowest BCUT2D eigenvalue weighted by Crippen LogP contribution is -2.39. The topological polar surface area (TPSA) is 76.7 Å². The Kier molecular flexibility index (Phi) is 4.15. The summed E-state index contributed by atoms with van der Waals surface area (Å²) in [6, 6.07) is 7.61. The second kappa shape index (κ2) is 6.10. The van der Waals surface area contributed by atoms with Gasteiger partial charge in [-0.2, -0.15) is 0 Å². The van der Waals surface area contributed by atoms with E-state index in [0.717, 1.165) is 27.8 Å². The van der Waals surface area contributed by atoms with E-state index >= 15 is 0 Å². The molecule has 0 aliphatic carbocycles. The third-order valence-corrected chi connectivity index (χ3v) is 3.57. The molecule has 0 saturated carbocycles. The molecule has 0 aromatic carbocycles. The molecule has 0 amide bonds. The minimum Gasteiger partial charge on any atom is -0.368 e. The Morgan fingerprint density at radius 2 is 2.04 bits per heavy atom. The molecule has 0 spiro atoms. The molecule has 3 aromatic heterocycles. The molecule has 3 heterocycles. The normalized spacial score (nSPS) is 11.7. The van der Waals surface area contributed by atoms with Crippen molar-refractivity contribution in [1.82, 2.24) is 15.0 Å². The van der Waals surface area contributed by atoms with Crippen LogP contribution in [-0.2, 0) is 0 Å². The summed E-state index contributed by atoms with van der Waals surface area (Å²) in [5.41, 5.74) is 7.45. The Morgan fingerprint density at radius 1 is 1.22 bits per heavy atom. The van der Waals surface area contributed by atoms with Crippen LogP contribution in [0.2, 0.25) is 5.15 Å². The fourth-order valence-corrected chi connectivity index (χ4v) is 2.43. The zero-order valence-electron chi connectivity index (χ0n) is 13.0. The quantitative estimate of drug-likeness (QED) is 0.717. The number of rotatable bonds is 4. The summed E-state index contributed by atoms with van der Waals surface area (Å²) in [5, 5.41) is 5.79. The van der Waals surface area contributed by atoms with Crippen molar-refractivity contribution in [3.63, 3.8) is 0 Å². The van der Waals surface area contributed by atoms with Gasteiger partial charge >= 0.3 is 0 Å². The Labute approximate surface area is 139 Å². The van der Waals surface area contributed by atoms with Crippen molar-refractivity contribution in [2.75, 3.05) is 11.9 Å². The maximum absolute atomic E-state index is 6.07. The van der Waals surface area contributed by atoms with Crippen LogP contribution in [0, 0.1) is 0 Å². The van der Waals surface area contributed by atoms with E-state index in [1.165, 1.54) is 0 Å². The van der Waals surface area contributed by atoms with E-state index in [4.69, 9.17) is 22.3 Å². The molecule has 3 N–H and O–H groups in total. The second-order valence-corrected chi connectivity index (χ2v) is 6.55. The Morgan fingerprint density at radius 3 is 2.78 bits per heavy atom. The van der Waals surface area contributed by atoms with Crippen molar-refractivity contribution < 1.29 is 0 Å². The van der Waals surface area contributed by atoms with Crippen molar-refractivity contribution in [3.05, 3.63) is 48.0 Å². The maximum Gasteiger partial charge on any atom is 0.134 e. The van der Waals surface area contributed by atoms with E-state index in [0.29, 0.717) is 11.7 Å². The number of hydrogen-bond acceptors (Lipinski definition) is 5. The fraction of sp³-hybridized carbons (Fsp3) is 0.235. The third kappa shape index (κ3) is 3.75. The van der Waals surface area contributed by atoms with Crippen LogP contribution in [0.15, 0.2) is 42.9 Å². The minimum absolute atomic E-state index is 0.336. The van der Waals surface area contributed by atoms with Gasteiger partial charge in [0.05, 0.1) is 5.69 Å². The number of fused-ring (bicyclic) bond motifs is 1. The van der Waals surface area contributed by atoms with Gasteiger partial charge in [0.25, 0.3) is 0 Å². The molecule has 0 fully saturated rings. The highest BCUT2D eigenvalue weighted by atomic mass is 35.5. The highest BCUT2D eigenvalue weighted by molar-refractivity contribution is 6.29. The summed E-state index contributed by atoms with van der Waals surface area (Å²) >= 11 is 5.99. The average Bonchev–Trinajstić information content (AvgIpc) is 2.51. The number of nitrogens with one attached hydrogen (secondary N) is 1. The lowest BCUT2D eigenvalue weighted by atomic mass is 10.1. The van der Waals surface area contributed by atoms with Gasteiger partial charge in [-0.15, -0.1) is 0 Å². The second-order valence-electron chi connectivity index (χ2n) is 6.16. The van der Waals surface area contributed by atoms with E-state index in [-0.39, 0.29) is 5.54 Å². The molecule has 0 saturated heterocycles. The van der Waals surface area contributed by atoms with Gasteiger partial charge in [-0.05, 0) is 38.1 Å². The first-order chi connectivity index (χ1) is 10.9. The number of anilines is 1. The van der Waals surface area contributed by atoms with Crippen molar-refractivity contribution in [3.8, 4) is 11.3 Å². The summed E-state index contributed by atoms with van der Waals surface area (Å²) < 4.78 is 0. The number of aromatic nitrogens is 3. The predicted molar refractivity (Wildman–Crippen MR) is 94.5 cm³/mol. The summed E-state index contributed by atoms with van der Waals surface area (Å²) in [5.74, 6) is 0.784. The van der Waals surface area contributed by atoms with Crippen LogP contribution in [0.3, 0.4) is 0 Å². The summed E-state index contributed by atoms with van der Waals surface area (Å²) in [7, 11) is 0. The molecule has 0 atom stereocenters.